The molecule has 0 saturated heterocycles. The molecule has 0 bridgehead atoms. The van der Waals surface area contributed by atoms with Crippen LogP contribution in [0.2, 0.25) is 0 Å². The number of hydrogen-bond acceptors (Lipinski definition) is 7. The van der Waals surface area contributed by atoms with Gasteiger partial charge >= 0.3 is 12.0 Å². The van der Waals surface area contributed by atoms with E-state index in [2.05, 4.69) is 31.3 Å². The number of carboxylic acids is 1. The lowest BCUT2D eigenvalue weighted by atomic mass is 10.0. The summed E-state index contributed by atoms with van der Waals surface area (Å²) in [4.78, 5) is 70.3. The first-order valence-electron chi connectivity index (χ1n) is 13.8. The molecule has 0 spiro atoms. The van der Waals surface area contributed by atoms with Gasteiger partial charge in [0.2, 0.25) is 11.8 Å². The third-order valence-corrected chi connectivity index (χ3v) is 6.16. The number of aldehydes is 1. The van der Waals surface area contributed by atoms with Gasteiger partial charge < -0.3 is 54.1 Å². The Bertz CT molecular complexity index is 1120. The van der Waals surface area contributed by atoms with Crippen LogP contribution in [0.25, 0.3) is 0 Å². The molecule has 1 aromatic carbocycles. The zero-order chi connectivity index (χ0) is 32.4. The third kappa shape index (κ3) is 15.1. The van der Waals surface area contributed by atoms with Crippen LogP contribution in [0.4, 0.5) is 4.79 Å². The van der Waals surface area contributed by atoms with Gasteiger partial charge in [-0.3, -0.25) is 19.6 Å². The van der Waals surface area contributed by atoms with Crippen LogP contribution in [-0.4, -0.2) is 84.4 Å². The van der Waals surface area contributed by atoms with Crippen molar-refractivity contribution in [2.24, 2.45) is 38.8 Å². The summed E-state index contributed by atoms with van der Waals surface area (Å²) in [7, 11) is 0. The summed E-state index contributed by atoms with van der Waals surface area (Å²) in [5.74, 6) is -3.17. The number of amides is 4. The summed E-state index contributed by atoms with van der Waals surface area (Å²) in [6.07, 6.45) is 1.65. The van der Waals surface area contributed by atoms with Crippen molar-refractivity contribution in [1.82, 2.24) is 21.3 Å². The fourth-order valence-electron chi connectivity index (χ4n) is 3.94. The van der Waals surface area contributed by atoms with Crippen LogP contribution in [-0.2, 0) is 25.6 Å². The van der Waals surface area contributed by atoms with Crippen LogP contribution in [0.3, 0.4) is 0 Å². The molecule has 0 radical (unpaired) electrons. The highest BCUT2D eigenvalue weighted by atomic mass is 16.4. The molecule has 0 aliphatic heterocycles. The van der Waals surface area contributed by atoms with Crippen molar-refractivity contribution in [3.8, 4) is 0 Å². The van der Waals surface area contributed by atoms with Crippen LogP contribution in [0.1, 0.15) is 45.1 Å². The number of nitrogens with zero attached hydrogens (tertiary/aromatic N) is 2. The number of rotatable bonds is 19. The number of carboxylic acid groups (broad SMARTS) is 1. The second-order valence-corrected chi connectivity index (χ2v) is 10.1. The smallest absolute Gasteiger partial charge is 0.326 e. The van der Waals surface area contributed by atoms with Crippen molar-refractivity contribution in [1.29, 1.82) is 0 Å². The lowest BCUT2D eigenvalue weighted by molar-refractivity contribution is -0.139. The van der Waals surface area contributed by atoms with Crippen molar-refractivity contribution in [3.63, 3.8) is 0 Å². The van der Waals surface area contributed by atoms with Gasteiger partial charge in [0.05, 0.1) is 6.04 Å². The number of benzene rings is 1. The van der Waals surface area contributed by atoms with Crippen molar-refractivity contribution in [2.75, 3.05) is 13.1 Å². The SMILES string of the molecule is CC(C)[C@H](NC(=O)[C@H](CCCN=C(N)N)NC(=O)N[C@@H](Cc1ccccc1)C(=O)O)C(=O)NC(C=O)CCCN=C(N)N. The minimum Gasteiger partial charge on any atom is -0.480 e. The summed E-state index contributed by atoms with van der Waals surface area (Å²) in [6.45, 7) is 3.84. The van der Waals surface area contributed by atoms with E-state index in [0.717, 1.165) is 0 Å². The molecule has 43 heavy (non-hydrogen) atoms. The predicted molar refractivity (Wildman–Crippen MR) is 162 cm³/mol. The number of urea groups is 1. The Morgan fingerprint density at radius 1 is 0.814 bits per heavy atom. The first kappa shape index (κ1) is 36.1. The highest BCUT2D eigenvalue weighted by Gasteiger charge is 2.30. The maximum absolute atomic E-state index is 13.3. The second-order valence-electron chi connectivity index (χ2n) is 10.1. The van der Waals surface area contributed by atoms with Gasteiger partial charge in [0.15, 0.2) is 11.9 Å². The Hall–Kier alpha value is -4.89. The number of guanidine groups is 2. The van der Waals surface area contributed by atoms with Crippen molar-refractivity contribution in [3.05, 3.63) is 35.9 Å². The third-order valence-electron chi connectivity index (χ3n) is 6.16. The molecule has 1 unspecified atom stereocenters. The number of carbonyl (C=O) groups is 5. The van der Waals surface area contributed by atoms with Crippen molar-refractivity contribution < 1.29 is 29.1 Å². The first-order chi connectivity index (χ1) is 20.3. The normalized spacial score (nSPS) is 13.4. The van der Waals surface area contributed by atoms with E-state index in [1.165, 1.54) is 0 Å². The number of hydrogen-bond donors (Lipinski definition) is 9. The van der Waals surface area contributed by atoms with Crippen LogP contribution in [0.5, 0.6) is 0 Å². The zero-order valence-corrected chi connectivity index (χ0v) is 24.5. The molecule has 1 aromatic rings. The van der Waals surface area contributed by atoms with E-state index in [-0.39, 0.29) is 50.7 Å². The van der Waals surface area contributed by atoms with Crippen LogP contribution in [0, 0.1) is 5.92 Å². The van der Waals surface area contributed by atoms with E-state index in [0.29, 0.717) is 18.3 Å². The first-order valence-corrected chi connectivity index (χ1v) is 13.8. The topological polar surface area (TPSA) is 282 Å². The highest BCUT2D eigenvalue weighted by molar-refractivity contribution is 5.93. The summed E-state index contributed by atoms with van der Waals surface area (Å²) >= 11 is 0. The molecular weight excluding hydrogens is 560 g/mol. The number of aliphatic imine (C=N–C) groups is 2. The zero-order valence-electron chi connectivity index (χ0n) is 24.5. The largest absolute Gasteiger partial charge is 0.480 e. The number of nitrogens with one attached hydrogen (secondary N) is 4. The average Bonchev–Trinajstić information content (AvgIpc) is 2.94. The molecule has 0 fully saturated rings. The van der Waals surface area contributed by atoms with Gasteiger partial charge in [0, 0.05) is 19.5 Å². The van der Waals surface area contributed by atoms with Crippen LogP contribution in [0.15, 0.2) is 40.3 Å². The van der Waals surface area contributed by atoms with Gasteiger partial charge in [-0.2, -0.15) is 0 Å². The molecule has 4 atom stereocenters. The van der Waals surface area contributed by atoms with Crippen LogP contribution >= 0.6 is 0 Å². The van der Waals surface area contributed by atoms with E-state index >= 15 is 0 Å². The van der Waals surface area contributed by atoms with E-state index in [9.17, 15) is 29.1 Å². The fourth-order valence-corrected chi connectivity index (χ4v) is 3.94. The molecule has 13 N–H and O–H groups in total. The molecule has 16 nitrogen and oxygen atoms in total. The Morgan fingerprint density at radius 2 is 1.37 bits per heavy atom. The number of aliphatic carboxylic acids is 1. The Labute approximate surface area is 250 Å². The molecule has 0 aliphatic carbocycles. The molecule has 4 amide bonds. The van der Waals surface area contributed by atoms with Gasteiger partial charge in [0.25, 0.3) is 0 Å². The summed E-state index contributed by atoms with van der Waals surface area (Å²) in [6, 6.07) is 3.51. The minimum atomic E-state index is -1.27. The maximum Gasteiger partial charge on any atom is 0.326 e. The predicted octanol–water partition coefficient (Wildman–Crippen LogP) is -1.72. The molecule has 1 rings (SSSR count). The van der Waals surface area contributed by atoms with Crippen LogP contribution < -0.4 is 44.2 Å². The average molecular weight is 605 g/mol. The van der Waals surface area contributed by atoms with Gasteiger partial charge in [-0.05, 0) is 37.2 Å². The van der Waals surface area contributed by atoms with Gasteiger partial charge in [-0.1, -0.05) is 44.2 Å². The number of nitrogens with two attached hydrogens (primary N) is 4. The minimum absolute atomic E-state index is 0.0183. The highest BCUT2D eigenvalue weighted by Crippen LogP contribution is 2.08. The Morgan fingerprint density at radius 3 is 1.88 bits per heavy atom. The van der Waals surface area contributed by atoms with E-state index in [1.54, 1.807) is 44.2 Å². The fraction of sp³-hybridized carbons (Fsp3) is 0.519. The summed E-state index contributed by atoms with van der Waals surface area (Å²) in [5, 5.41) is 19.7. The molecule has 0 heterocycles. The molecule has 0 aromatic heterocycles. The lowest BCUT2D eigenvalue weighted by Gasteiger charge is -2.27. The Kier molecular flexibility index (Phi) is 16.2. The van der Waals surface area contributed by atoms with E-state index in [1.807, 2.05) is 0 Å². The Balaban J connectivity index is 2.97. The van der Waals surface area contributed by atoms with E-state index < -0.39 is 53.9 Å². The maximum atomic E-state index is 13.3. The van der Waals surface area contributed by atoms with Gasteiger partial charge in [-0.15, -0.1) is 0 Å². The molecule has 238 valence electrons. The molecule has 0 aliphatic rings. The van der Waals surface area contributed by atoms with Crippen molar-refractivity contribution in [2.45, 2.75) is 70.1 Å². The van der Waals surface area contributed by atoms with E-state index in [4.69, 9.17) is 22.9 Å². The number of carbonyl (C=O) groups excluding carboxylic acids is 4. The standard InChI is InChI=1S/C27H44N10O6/c1-16(2)21(23(40)34-18(15-38)10-6-12-32-25(28)29)37-22(39)19(11-7-13-33-26(30)31)35-27(43)36-20(24(41)42)14-17-8-4-3-5-9-17/h3-5,8-9,15-16,18-21H,6-7,10-14H2,1-2H3,(H,34,40)(H,37,39)(H,41,42)(H4,28,29,32)(H4,30,31,33)(H2,35,36,43)/t18?,19-,20-,21-/m0/s1. The monoisotopic (exact) mass is 604 g/mol. The molecular formula is C27H44N10O6. The quantitative estimate of drug-likeness (QED) is 0.0372. The van der Waals surface area contributed by atoms with Crippen molar-refractivity contribution >= 4 is 42.0 Å². The lowest BCUT2D eigenvalue weighted by Crippen LogP contribution is -2.58. The summed E-state index contributed by atoms with van der Waals surface area (Å²) < 4.78 is 0. The van der Waals surface area contributed by atoms with Gasteiger partial charge in [-0.25, -0.2) is 9.59 Å². The summed E-state index contributed by atoms with van der Waals surface area (Å²) in [5.41, 5.74) is 22.0. The second kappa shape index (κ2) is 19.3. The van der Waals surface area contributed by atoms with Gasteiger partial charge in [0.1, 0.15) is 24.4 Å². The molecule has 16 heteroatoms. The molecule has 0 saturated carbocycles.